The highest BCUT2D eigenvalue weighted by Crippen LogP contribution is 2.12. The van der Waals surface area contributed by atoms with E-state index in [4.69, 9.17) is 4.74 Å². The molecular weight excluding hydrogens is 538 g/mol. The summed E-state index contributed by atoms with van der Waals surface area (Å²) in [5.41, 5.74) is 0.870. The minimum absolute atomic E-state index is 0.0433. The van der Waals surface area contributed by atoms with Gasteiger partial charge in [-0.25, -0.2) is 4.79 Å². The van der Waals surface area contributed by atoms with Gasteiger partial charge in [-0.2, -0.15) is 0 Å². The van der Waals surface area contributed by atoms with Crippen LogP contribution in [0.2, 0.25) is 0 Å². The van der Waals surface area contributed by atoms with Gasteiger partial charge in [0.2, 0.25) is 17.7 Å². The summed E-state index contributed by atoms with van der Waals surface area (Å²) in [4.78, 5) is 68.8. The molecule has 2 aromatic rings. The number of aromatic nitrogens is 1. The van der Waals surface area contributed by atoms with Crippen molar-refractivity contribution in [2.75, 3.05) is 0 Å². The van der Waals surface area contributed by atoms with Crippen LogP contribution in [-0.4, -0.2) is 52.8 Å². The number of ether oxygens (including phenoxy) is 1. The van der Waals surface area contributed by atoms with E-state index in [2.05, 4.69) is 26.3 Å². The molecule has 4 N–H and O–H groups in total. The zero-order valence-corrected chi connectivity index (χ0v) is 25.2. The van der Waals surface area contributed by atoms with Gasteiger partial charge < -0.3 is 20.7 Å². The first-order valence-electron chi connectivity index (χ1n) is 14.3. The lowest BCUT2D eigenvalue weighted by Gasteiger charge is -2.29. The Kier molecular flexibility index (Phi) is 13.6. The number of pyridine rings is 1. The Morgan fingerprint density at radius 2 is 1.43 bits per heavy atom. The average Bonchev–Trinajstić information content (AvgIpc) is 2.97. The molecule has 4 atom stereocenters. The molecular formula is C31H43N5O6. The summed E-state index contributed by atoms with van der Waals surface area (Å²) in [6.07, 6.45) is 1.54. The number of nitrogens with zero attached hydrogens (tertiary/aromatic N) is 1. The minimum Gasteiger partial charge on any atom is -0.445 e. The fourth-order valence-corrected chi connectivity index (χ4v) is 4.09. The van der Waals surface area contributed by atoms with E-state index in [-0.39, 0.29) is 30.1 Å². The molecule has 0 unspecified atom stereocenters. The minimum atomic E-state index is -1.04. The van der Waals surface area contributed by atoms with Crippen molar-refractivity contribution in [3.8, 4) is 0 Å². The van der Waals surface area contributed by atoms with Crippen LogP contribution in [0, 0.1) is 17.8 Å². The van der Waals surface area contributed by atoms with Crippen molar-refractivity contribution in [2.24, 2.45) is 17.8 Å². The Labute approximate surface area is 247 Å². The first kappa shape index (κ1) is 33.9. The van der Waals surface area contributed by atoms with Crippen LogP contribution in [-0.2, 0) is 25.7 Å². The number of nitrogens with one attached hydrogen (secondary N) is 4. The normalized spacial score (nSPS) is 13.8. The monoisotopic (exact) mass is 581 g/mol. The van der Waals surface area contributed by atoms with E-state index in [1.165, 1.54) is 12.3 Å². The molecule has 0 saturated heterocycles. The smallest absolute Gasteiger partial charge is 0.408 e. The summed E-state index contributed by atoms with van der Waals surface area (Å²) in [5, 5.41) is 10.4. The van der Waals surface area contributed by atoms with Gasteiger partial charge in [0.25, 0.3) is 5.91 Å². The molecule has 11 nitrogen and oxygen atoms in total. The number of carbonyl (C=O) groups excluding carboxylic acids is 5. The van der Waals surface area contributed by atoms with Crippen molar-refractivity contribution < 1.29 is 28.7 Å². The predicted molar refractivity (Wildman–Crippen MR) is 158 cm³/mol. The second-order valence-corrected chi connectivity index (χ2v) is 11.0. The maximum atomic E-state index is 13.4. The first-order chi connectivity index (χ1) is 19.9. The van der Waals surface area contributed by atoms with Crippen molar-refractivity contribution in [2.45, 2.75) is 79.1 Å². The van der Waals surface area contributed by atoms with E-state index in [1.807, 2.05) is 51.1 Å². The number of imide groups is 1. The molecule has 0 aliphatic carbocycles. The number of rotatable bonds is 14. The van der Waals surface area contributed by atoms with Crippen LogP contribution in [0.1, 0.15) is 70.4 Å². The topological polar surface area (TPSA) is 156 Å². The van der Waals surface area contributed by atoms with E-state index in [0.717, 1.165) is 5.56 Å². The lowest BCUT2D eigenvalue weighted by Crippen LogP contribution is -2.59. The maximum Gasteiger partial charge on any atom is 0.408 e. The number of amides is 5. The lowest BCUT2D eigenvalue weighted by atomic mass is 9.96. The molecule has 0 radical (unpaired) electrons. The number of alkyl carbamates (subject to hydrolysis) is 1. The molecule has 0 aliphatic rings. The van der Waals surface area contributed by atoms with Gasteiger partial charge in [-0.05, 0) is 41.9 Å². The standard InChI is InChI=1S/C31H43N5O6/c1-7-21(6)26(30(40)36-27(37)23-15-11-12-16-32-23)35-29(39)25(20(4)5)34-28(38)24(17-19(2)3)33-31(41)42-18-22-13-9-8-10-14-22/h8-16,19-21,24-26H,7,17-18H2,1-6H3,(H,33,41)(H,34,38)(H,35,39)(H,36,37,40)/t21-,24-,25-,26-/m0/s1. The van der Waals surface area contributed by atoms with Crippen molar-refractivity contribution in [1.29, 1.82) is 0 Å². The van der Waals surface area contributed by atoms with Gasteiger partial charge in [-0.15, -0.1) is 0 Å². The van der Waals surface area contributed by atoms with E-state index in [9.17, 15) is 24.0 Å². The third-order valence-electron chi connectivity index (χ3n) is 6.70. The molecule has 2 rings (SSSR count). The fourth-order valence-electron chi connectivity index (χ4n) is 4.09. The quantitative estimate of drug-likeness (QED) is 0.267. The van der Waals surface area contributed by atoms with Crippen molar-refractivity contribution in [3.05, 3.63) is 66.0 Å². The van der Waals surface area contributed by atoms with Crippen LogP contribution in [0.5, 0.6) is 0 Å². The molecule has 228 valence electrons. The number of carbonyl (C=O) groups is 5. The van der Waals surface area contributed by atoms with Gasteiger partial charge >= 0.3 is 6.09 Å². The van der Waals surface area contributed by atoms with E-state index in [1.54, 1.807) is 32.9 Å². The second-order valence-electron chi connectivity index (χ2n) is 11.0. The van der Waals surface area contributed by atoms with Gasteiger partial charge in [-0.1, -0.05) is 84.4 Å². The SMILES string of the molecule is CC[C@H](C)[C@H](NC(=O)[C@@H](NC(=O)[C@H](CC(C)C)NC(=O)OCc1ccccc1)C(C)C)C(=O)NC(=O)c1ccccn1. The molecule has 11 heteroatoms. The predicted octanol–water partition coefficient (Wildman–Crippen LogP) is 3.35. The second kappa shape index (κ2) is 16.9. The molecule has 42 heavy (non-hydrogen) atoms. The van der Waals surface area contributed by atoms with E-state index < -0.39 is 47.8 Å². The average molecular weight is 582 g/mol. The van der Waals surface area contributed by atoms with Gasteiger partial charge in [-0.3, -0.25) is 29.5 Å². The summed E-state index contributed by atoms with van der Waals surface area (Å²) in [7, 11) is 0. The van der Waals surface area contributed by atoms with E-state index >= 15 is 0 Å². The molecule has 0 bridgehead atoms. The highest BCUT2D eigenvalue weighted by Gasteiger charge is 2.34. The highest BCUT2D eigenvalue weighted by molar-refractivity contribution is 6.06. The van der Waals surface area contributed by atoms with Crippen LogP contribution in [0.25, 0.3) is 0 Å². The summed E-state index contributed by atoms with van der Waals surface area (Å²) >= 11 is 0. The van der Waals surface area contributed by atoms with Gasteiger partial charge in [0.1, 0.15) is 30.4 Å². The fraction of sp³-hybridized carbons (Fsp3) is 0.484. The third-order valence-corrected chi connectivity index (χ3v) is 6.70. The van der Waals surface area contributed by atoms with Crippen molar-refractivity contribution >= 4 is 29.7 Å². The number of hydrogen-bond donors (Lipinski definition) is 4. The Hall–Kier alpha value is -4.28. The van der Waals surface area contributed by atoms with Gasteiger partial charge in [0, 0.05) is 6.20 Å². The largest absolute Gasteiger partial charge is 0.445 e. The summed E-state index contributed by atoms with van der Waals surface area (Å²) in [6.45, 7) is 11.0. The molecule has 5 amide bonds. The summed E-state index contributed by atoms with van der Waals surface area (Å²) in [5.74, 6) is -3.11. The van der Waals surface area contributed by atoms with Crippen LogP contribution >= 0.6 is 0 Å². The molecule has 0 aliphatic heterocycles. The van der Waals surface area contributed by atoms with Gasteiger partial charge in [0.15, 0.2) is 0 Å². The van der Waals surface area contributed by atoms with E-state index in [0.29, 0.717) is 12.8 Å². The van der Waals surface area contributed by atoms with Crippen LogP contribution < -0.4 is 21.3 Å². The number of benzene rings is 1. The molecule has 0 spiro atoms. The Morgan fingerprint density at radius 1 is 0.786 bits per heavy atom. The Morgan fingerprint density at radius 3 is 2.00 bits per heavy atom. The van der Waals surface area contributed by atoms with Crippen LogP contribution in [0.3, 0.4) is 0 Å². The van der Waals surface area contributed by atoms with Crippen molar-refractivity contribution in [3.63, 3.8) is 0 Å². The first-order valence-corrected chi connectivity index (χ1v) is 14.3. The van der Waals surface area contributed by atoms with Crippen LogP contribution in [0.4, 0.5) is 4.79 Å². The van der Waals surface area contributed by atoms with Crippen molar-refractivity contribution in [1.82, 2.24) is 26.3 Å². The zero-order chi connectivity index (χ0) is 31.2. The highest BCUT2D eigenvalue weighted by atomic mass is 16.5. The molecule has 0 saturated carbocycles. The lowest BCUT2D eigenvalue weighted by molar-refractivity contribution is -0.134. The summed E-state index contributed by atoms with van der Waals surface area (Å²) < 4.78 is 5.29. The molecule has 0 fully saturated rings. The molecule has 1 aromatic heterocycles. The Balaban J connectivity index is 2.10. The third kappa shape index (κ3) is 10.9. The molecule has 1 aromatic carbocycles. The van der Waals surface area contributed by atoms with Gasteiger partial charge in [0.05, 0.1) is 0 Å². The summed E-state index contributed by atoms with van der Waals surface area (Å²) in [6, 6.07) is 10.9. The number of hydrogen-bond acceptors (Lipinski definition) is 7. The Bertz CT molecular complexity index is 1190. The maximum absolute atomic E-state index is 13.4. The van der Waals surface area contributed by atoms with Crippen LogP contribution in [0.15, 0.2) is 54.7 Å². The molecule has 1 heterocycles. The zero-order valence-electron chi connectivity index (χ0n) is 25.2.